The highest BCUT2D eigenvalue weighted by Gasteiger charge is 2.35. The number of ether oxygens (including phenoxy) is 2. The summed E-state index contributed by atoms with van der Waals surface area (Å²) in [6.07, 6.45) is -0.491. The second kappa shape index (κ2) is 8.02. The zero-order chi connectivity index (χ0) is 17.7. The van der Waals surface area contributed by atoms with Gasteiger partial charge in [0.2, 0.25) is 10.0 Å². The molecule has 134 valence electrons. The Kier molecular flexibility index (Phi) is 6.27. The number of carbonyl (C=O) groups excluding carboxylic acids is 1. The lowest BCUT2D eigenvalue weighted by molar-refractivity contribution is -0.149. The Morgan fingerprint density at radius 1 is 1.42 bits per heavy atom. The Morgan fingerprint density at radius 3 is 2.75 bits per heavy atom. The molecule has 1 fully saturated rings. The van der Waals surface area contributed by atoms with Crippen LogP contribution in [-0.2, 0) is 24.3 Å². The highest BCUT2D eigenvalue weighted by atomic mass is 32.2. The molecule has 1 heterocycles. The third-order valence-electron chi connectivity index (χ3n) is 3.85. The Hall–Kier alpha value is -1.55. The quantitative estimate of drug-likeness (QED) is 0.719. The summed E-state index contributed by atoms with van der Waals surface area (Å²) >= 11 is 0. The number of aliphatic hydroxyl groups is 1. The summed E-state index contributed by atoms with van der Waals surface area (Å²) in [6, 6.07) is 4.32. The molecule has 2 rings (SSSR count). The summed E-state index contributed by atoms with van der Waals surface area (Å²) in [6.45, 7) is -0.428. The monoisotopic (exact) mass is 361 g/mol. The van der Waals surface area contributed by atoms with Crippen molar-refractivity contribution in [3.05, 3.63) is 30.1 Å². The molecule has 3 atom stereocenters. The van der Waals surface area contributed by atoms with Crippen LogP contribution in [0.4, 0.5) is 4.39 Å². The van der Waals surface area contributed by atoms with Crippen molar-refractivity contribution in [2.45, 2.75) is 42.4 Å². The van der Waals surface area contributed by atoms with E-state index in [2.05, 4.69) is 9.46 Å². The van der Waals surface area contributed by atoms with Crippen molar-refractivity contribution in [2.24, 2.45) is 0 Å². The number of aliphatic hydroxyl groups excluding tert-OH is 1. The molecule has 0 bridgehead atoms. The van der Waals surface area contributed by atoms with Crippen LogP contribution < -0.4 is 4.72 Å². The minimum atomic E-state index is -4.09. The largest absolute Gasteiger partial charge is 0.469 e. The second-order valence-electron chi connectivity index (χ2n) is 5.49. The zero-order valence-corrected chi connectivity index (χ0v) is 14.0. The van der Waals surface area contributed by atoms with Gasteiger partial charge in [-0.3, -0.25) is 4.79 Å². The van der Waals surface area contributed by atoms with Gasteiger partial charge in [0, 0.05) is 0 Å². The molecular weight excluding hydrogens is 341 g/mol. The number of halogens is 1. The maximum atomic E-state index is 13.7. The fraction of sp³-hybridized carbons (Fsp3) is 0.533. The molecule has 0 amide bonds. The van der Waals surface area contributed by atoms with Crippen molar-refractivity contribution in [2.75, 3.05) is 13.7 Å². The predicted molar refractivity (Wildman–Crippen MR) is 82.1 cm³/mol. The smallest absolute Gasteiger partial charge is 0.308 e. The third-order valence-corrected chi connectivity index (χ3v) is 5.37. The van der Waals surface area contributed by atoms with Crippen LogP contribution in [0, 0.1) is 5.82 Å². The average molecular weight is 361 g/mol. The van der Waals surface area contributed by atoms with Gasteiger partial charge in [0.25, 0.3) is 0 Å². The molecule has 2 N–H and O–H groups in total. The van der Waals surface area contributed by atoms with Gasteiger partial charge in [0.1, 0.15) is 10.7 Å². The normalized spacial score (nSPS) is 24.5. The number of hydrogen-bond acceptors (Lipinski definition) is 6. The number of methoxy groups -OCH3 is 1. The molecule has 7 nitrogen and oxygen atoms in total. The molecule has 0 spiro atoms. The van der Waals surface area contributed by atoms with E-state index in [-0.39, 0.29) is 6.42 Å². The van der Waals surface area contributed by atoms with E-state index in [0.29, 0.717) is 12.8 Å². The highest BCUT2D eigenvalue weighted by Crippen LogP contribution is 2.24. The maximum absolute atomic E-state index is 13.7. The molecule has 1 saturated heterocycles. The van der Waals surface area contributed by atoms with Crippen molar-refractivity contribution in [1.29, 1.82) is 0 Å². The predicted octanol–water partition coefficient (Wildman–Crippen LogP) is 0.576. The van der Waals surface area contributed by atoms with Gasteiger partial charge >= 0.3 is 5.97 Å². The first-order valence-electron chi connectivity index (χ1n) is 7.47. The Bertz CT molecular complexity index is 680. The van der Waals surface area contributed by atoms with Crippen molar-refractivity contribution < 1.29 is 32.2 Å². The maximum Gasteiger partial charge on any atom is 0.308 e. The summed E-state index contributed by atoms with van der Waals surface area (Å²) in [7, 11) is -2.82. The molecule has 1 aromatic carbocycles. The van der Waals surface area contributed by atoms with Gasteiger partial charge in [0.05, 0.1) is 38.4 Å². The lowest BCUT2D eigenvalue weighted by Crippen LogP contribution is -2.51. The van der Waals surface area contributed by atoms with Crippen LogP contribution in [0.3, 0.4) is 0 Å². The SMILES string of the molecule is COC(=O)C[C@H]1CC[C@H](NS(=O)(=O)c2ccccc2F)[C@@H](CO)O1. The molecule has 24 heavy (non-hydrogen) atoms. The first-order chi connectivity index (χ1) is 11.4. The number of carbonyl (C=O) groups is 1. The van der Waals surface area contributed by atoms with E-state index >= 15 is 0 Å². The van der Waals surface area contributed by atoms with Crippen molar-refractivity contribution in [3.63, 3.8) is 0 Å². The van der Waals surface area contributed by atoms with Gasteiger partial charge in [0.15, 0.2) is 0 Å². The van der Waals surface area contributed by atoms with E-state index in [0.717, 1.165) is 12.1 Å². The first kappa shape index (κ1) is 18.8. The molecule has 0 unspecified atom stereocenters. The third kappa shape index (κ3) is 4.50. The standard InChI is InChI=1S/C15H20FNO6S/c1-22-15(19)8-10-6-7-12(13(9-18)23-10)17-24(20,21)14-5-3-2-4-11(14)16/h2-5,10,12-13,17-18H,6-9H2,1H3/t10-,12+,13-/m1/s1. The summed E-state index contributed by atoms with van der Waals surface area (Å²) in [4.78, 5) is 10.8. The minimum Gasteiger partial charge on any atom is -0.469 e. The van der Waals surface area contributed by atoms with E-state index in [1.54, 1.807) is 0 Å². The summed E-state index contributed by atoms with van der Waals surface area (Å²) in [5.41, 5.74) is 0. The van der Waals surface area contributed by atoms with Crippen LogP contribution in [0.5, 0.6) is 0 Å². The number of benzene rings is 1. The lowest BCUT2D eigenvalue weighted by Gasteiger charge is -2.35. The minimum absolute atomic E-state index is 0.0276. The summed E-state index contributed by atoms with van der Waals surface area (Å²) in [5, 5.41) is 9.44. The second-order valence-corrected chi connectivity index (χ2v) is 7.18. The molecule has 0 radical (unpaired) electrons. The number of rotatable bonds is 6. The highest BCUT2D eigenvalue weighted by molar-refractivity contribution is 7.89. The molecule has 0 aromatic heterocycles. The molecule has 1 aliphatic heterocycles. The van der Waals surface area contributed by atoms with Crippen molar-refractivity contribution in [3.8, 4) is 0 Å². The van der Waals surface area contributed by atoms with Gasteiger partial charge < -0.3 is 14.6 Å². The molecule has 0 aliphatic carbocycles. The van der Waals surface area contributed by atoms with Gasteiger partial charge in [-0.2, -0.15) is 0 Å². The van der Waals surface area contributed by atoms with Crippen molar-refractivity contribution >= 4 is 16.0 Å². The summed E-state index contributed by atoms with van der Waals surface area (Å²) < 4.78 is 50.9. The van der Waals surface area contributed by atoms with E-state index in [1.807, 2.05) is 0 Å². The lowest BCUT2D eigenvalue weighted by atomic mass is 9.98. The fourth-order valence-electron chi connectivity index (χ4n) is 2.61. The van der Waals surface area contributed by atoms with Crippen molar-refractivity contribution in [1.82, 2.24) is 4.72 Å². The fourth-order valence-corrected chi connectivity index (χ4v) is 3.99. The van der Waals surface area contributed by atoms with E-state index in [4.69, 9.17) is 4.74 Å². The Morgan fingerprint density at radius 2 is 2.12 bits per heavy atom. The van der Waals surface area contributed by atoms with E-state index in [9.17, 15) is 22.7 Å². The molecule has 9 heteroatoms. The van der Waals surface area contributed by atoms with E-state index < -0.39 is 51.6 Å². The average Bonchev–Trinajstić information content (AvgIpc) is 2.56. The van der Waals surface area contributed by atoms with Gasteiger partial charge in [-0.25, -0.2) is 17.5 Å². The van der Waals surface area contributed by atoms with Crippen LogP contribution in [0.15, 0.2) is 29.2 Å². The van der Waals surface area contributed by atoms with Crippen LogP contribution in [0.25, 0.3) is 0 Å². The molecule has 0 saturated carbocycles. The first-order valence-corrected chi connectivity index (χ1v) is 8.95. The van der Waals surface area contributed by atoms with Crippen LogP contribution in [0.1, 0.15) is 19.3 Å². The van der Waals surface area contributed by atoms with Gasteiger partial charge in [-0.15, -0.1) is 0 Å². The zero-order valence-electron chi connectivity index (χ0n) is 13.1. The number of nitrogens with one attached hydrogen (secondary N) is 1. The summed E-state index contributed by atoms with van der Waals surface area (Å²) in [5.74, 6) is -1.30. The molecular formula is C15H20FNO6S. The molecule has 1 aliphatic rings. The van der Waals surface area contributed by atoms with Crippen LogP contribution in [0.2, 0.25) is 0 Å². The molecule has 1 aromatic rings. The van der Waals surface area contributed by atoms with Gasteiger partial charge in [-0.1, -0.05) is 12.1 Å². The van der Waals surface area contributed by atoms with Crippen LogP contribution >= 0.6 is 0 Å². The topological polar surface area (TPSA) is 102 Å². The Labute approximate surface area is 139 Å². The number of esters is 1. The van der Waals surface area contributed by atoms with E-state index in [1.165, 1.54) is 19.2 Å². The number of sulfonamides is 1. The van der Waals surface area contributed by atoms with Crippen LogP contribution in [-0.4, -0.2) is 51.5 Å². The number of hydrogen-bond donors (Lipinski definition) is 2. The Balaban J connectivity index is 2.07. The van der Waals surface area contributed by atoms with Gasteiger partial charge in [-0.05, 0) is 25.0 Å².